The molecule has 0 saturated heterocycles. The van der Waals surface area contributed by atoms with E-state index in [1.54, 1.807) is 25.1 Å². The van der Waals surface area contributed by atoms with E-state index in [0.29, 0.717) is 17.1 Å². The summed E-state index contributed by atoms with van der Waals surface area (Å²) >= 11 is 1.04. The summed E-state index contributed by atoms with van der Waals surface area (Å²) < 4.78 is 10.2. The molecule has 0 bridgehead atoms. The van der Waals surface area contributed by atoms with Crippen LogP contribution in [0.2, 0.25) is 0 Å². The highest BCUT2D eigenvalue weighted by atomic mass is 32.2. The number of rotatable bonds is 6. The van der Waals surface area contributed by atoms with Gasteiger partial charge in [0.1, 0.15) is 11.0 Å². The normalized spacial score (nSPS) is 10.5. The summed E-state index contributed by atoms with van der Waals surface area (Å²) in [6.07, 6.45) is 0. The smallest absolute Gasteiger partial charge is 0.344 e. The van der Waals surface area contributed by atoms with Gasteiger partial charge in [0.15, 0.2) is 12.4 Å². The van der Waals surface area contributed by atoms with E-state index >= 15 is 0 Å². The van der Waals surface area contributed by atoms with Crippen LogP contribution in [0.5, 0.6) is 0 Å². The van der Waals surface area contributed by atoms with Gasteiger partial charge in [-0.15, -0.1) is 0 Å². The molecule has 0 aliphatic heterocycles. The third-order valence-electron chi connectivity index (χ3n) is 3.59. The molecule has 0 saturated carbocycles. The molecular weight excluding hydrogens is 354 g/mol. The Morgan fingerprint density at radius 3 is 2.73 bits per heavy atom. The minimum Gasteiger partial charge on any atom is -0.452 e. The molecule has 0 radical (unpaired) electrons. The van der Waals surface area contributed by atoms with Crippen LogP contribution in [0.15, 0.2) is 27.6 Å². The van der Waals surface area contributed by atoms with Crippen molar-refractivity contribution in [1.29, 1.82) is 5.26 Å². The van der Waals surface area contributed by atoms with Crippen LogP contribution in [0.25, 0.3) is 0 Å². The van der Waals surface area contributed by atoms with Gasteiger partial charge >= 0.3 is 5.97 Å². The first kappa shape index (κ1) is 19.5. The minimum atomic E-state index is -0.639. The van der Waals surface area contributed by atoms with Gasteiger partial charge in [0, 0.05) is 16.5 Å². The Hall–Kier alpha value is -2.79. The Balaban J connectivity index is 1.98. The Morgan fingerprint density at radius 1 is 1.38 bits per heavy atom. The summed E-state index contributed by atoms with van der Waals surface area (Å²) in [5.74, 6) is -0.684. The van der Waals surface area contributed by atoms with E-state index in [-0.39, 0.29) is 11.5 Å². The third-order valence-corrected chi connectivity index (χ3v) is 4.17. The molecule has 0 fully saturated rings. The van der Waals surface area contributed by atoms with Crippen molar-refractivity contribution in [3.8, 4) is 5.40 Å². The number of ether oxygens (including phenoxy) is 1. The second-order valence-corrected chi connectivity index (χ2v) is 6.81. The van der Waals surface area contributed by atoms with Gasteiger partial charge in [0.2, 0.25) is 0 Å². The number of hydrogen-bond acceptors (Lipinski definition) is 7. The average Bonchev–Trinajstić information content (AvgIpc) is 2.97. The average molecular weight is 373 g/mol. The third kappa shape index (κ3) is 4.64. The Morgan fingerprint density at radius 2 is 2.12 bits per heavy atom. The van der Waals surface area contributed by atoms with E-state index < -0.39 is 18.5 Å². The van der Waals surface area contributed by atoms with Crippen LogP contribution in [-0.2, 0) is 9.53 Å². The van der Waals surface area contributed by atoms with Crippen molar-refractivity contribution in [1.82, 2.24) is 5.16 Å². The highest BCUT2D eigenvalue weighted by Gasteiger charge is 2.24. The van der Waals surface area contributed by atoms with Crippen molar-refractivity contribution in [2.45, 2.75) is 38.5 Å². The first-order chi connectivity index (χ1) is 12.3. The molecule has 1 aromatic heterocycles. The number of carbonyl (C=O) groups excluding carboxylic acids is 2. The number of carbonyl (C=O) groups is 2. The van der Waals surface area contributed by atoms with Crippen LogP contribution in [0.3, 0.4) is 0 Å². The van der Waals surface area contributed by atoms with E-state index in [2.05, 4.69) is 10.5 Å². The molecule has 8 heteroatoms. The number of anilines is 1. The molecule has 0 spiro atoms. The maximum absolute atomic E-state index is 12.3. The molecule has 0 unspecified atom stereocenters. The van der Waals surface area contributed by atoms with Crippen LogP contribution in [-0.4, -0.2) is 23.6 Å². The number of aryl methyl sites for hydroxylation is 2. The van der Waals surface area contributed by atoms with Gasteiger partial charge in [-0.05, 0) is 49.4 Å². The van der Waals surface area contributed by atoms with Crippen LogP contribution in [0.4, 0.5) is 5.69 Å². The van der Waals surface area contributed by atoms with Crippen molar-refractivity contribution >= 4 is 29.3 Å². The Labute approximate surface area is 155 Å². The fraction of sp³-hybridized carbons (Fsp3) is 0.333. The zero-order valence-electron chi connectivity index (χ0n) is 15.0. The summed E-state index contributed by atoms with van der Waals surface area (Å²) in [6, 6.07) is 5.23. The van der Waals surface area contributed by atoms with Gasteiger partial charge in [-0.2, -0.15) is 5.26 Å². The zero-order chi connectivity index (χ0) is 19.3. The Kier molecular flexibility index (Phi) is 6.41. The number of hydrogen-bond donors (Lipinski definition) is 1. The standard InChI is InChI=1S/C18H19N3O4S/c1-10(2)17-16(12(4)21-25-17)18(23)24-8-15(22)20-14-6-5-13(26-9-19)7-11(14)3/h5-7,10H,8H2,1-4H3,(H,20,22). The van der Waals surface area contributed by atoms with Gasteiger partial charge in [-0.3, -0.25) is 4.79 Å². The highest BCUT2D eigenvalue weighted by Crippen LogP contribution is 2.24. The van der Waals surface area contributed by atoms with E-state index in [1.807, 2.05) is 26.2 Å². The largest absolute Gasteiger partial charge is 0.452 e. The fourth-order valence-corrected chi connectivity index (χ4v) is 2.79. The molecule has 0 aliphatic rings. The lowest BCUT2D eigenvalue weighted by Gasteiger charge is -2.10. The molecule has 1 heterocycles. The van der Waals surface area contributed by atoms with Gasteiger partial charge in [0.25, 0.3) is 5.91 Å². The molecule has 1 amide bonds. The number of nitrogens with zero attached hydrogens (tertiary/aromatic N) is 2. The topological polar surface area (TPSA) is 105 Å². The zero-order valence-corrected chi connectivity index (χ0v) is 15.8. The molecule has 1 N–H and O–H groups in total. The van der Waals surface area contributed by atoms with Crippen LogP contribution < -0.4 is 5.32 Å². The predicted molar refractivity (Wildman–Crippen MR) is 96.9 cm³/mol. The monoisotopic (exact) mass is 373 g/mol. The maximum Gasteiger partial charge on any atom is 0.344 e. The summed E-state index contributed by atoms with van der Waals surface area (Å²) in [7, 11) is 0. The van der Waals surface area contributed by atoms with Crippen molar-refractivity contribution in [3.63, 3.8) is 0 Å². The lowest BCUT2D eigenvalue weighted by molar-refractivity contribution is -0.119. The van der Waals surface area contributed by atoms with E-state index in [1.165, 1.54) is 0 Å². The number of amides is 1. The fourth-order valence-electron chi connectivity index (χ4n) is 2.31. The first-order valence-electron chi connectivity index (χ1n) is 7.93. The predicted octanol–water partition coefficient (Wildman–Crippen LogP) is 3.78. The quantitative estimate of drug-likeness (QED) is 0.466. The molecule has 7 nitrogen and oxygen atoms in total. The van der Waals surface area contributed by atoms with Gasteiger partial charge in [0.05, 0.1) is 5.69 Å². The second-order valence-electron chi connectivity index (χ2n) is 5.96. The number of thioether (sulfide) groups is 1. The summed E-state index contributed by atoms with van der Waals surface area (Å²) in [5.41, 5.74) is 2.10. The molecule has 1 aromatic carbocycles. The lowest BCUT2D eigenvalue weighted by Crippen LogP contribution is -2.22. The minimum absolute atomic E-state index is 0.0278. The maximum atomic E-state index is 12.3. The second kappa shape index (κ2) is 8.54. The number of aromatic nitrogens is 1. The lowest BCUT2D eigenvalue weighted by atomic mass is 10.1. The van der Waals surface area contributed by atoms with Gasteiger partial charge < -0.3 is 14.6 Å². The number of nitrogens with one attached hydrogen (secondary N) is 1. The summed E-state index contributed by atoms with van der Waals surface area (Å²) in [4.78, 5) is 25.1. The van der Waals surface area contributed by atoms with Crippen molar-refractivity contribution in [2.75, 3.05) is 11.9 Å². The highest BCUT2D eigenvalue weighted by molar-refractivity contribution is 8.03. The van der Waals surface area contributed by atoms with E-state index in [9.17, 15) is 9.59 Å². The Bertz CT molecular complexity index is 868. The van der Waals surface area contributed by atoms with Gasteiger partial charge in [-0.1, -0.05) is 19.0 Å². The molecule has 2 rings (SSSR count). The van der Waals surface area contributed by atoms with Crippen molar-refractivity contribution in [3.05, 3.63) is 40.8 Å². The molecular formula is C18H19N3O4S. The van der Waals surface area contributed by atoms with Gasteiger partial charge in [-0.25, -0.2) is 4.79 Å². The molecule has 26 heavy (non-hydrogen) atoms. The van der Waals surface area contributed by atoms with Crippen LogP contribution in [0.1, 0.15) is 47.1 Å². The molecule has 136 valence electrons. The SMILES string of the molecule is Cc1cc(SC#N)ccc1NC(=O)COC(=O)c1c(C)noc1C(C)C. The van der Waals surface area contributed by atoms with E-state index in [4.69, 9.17) is 14.5 Å². The molecule has 0 atom stereocenters. The summed E-state index contributed by atoms with van der Waals surface area (Å²) in [5, 5.41) is 17.1. The van der Waals surface area contributed by atoms with Crippen LogP contribution in [0, 0.1) is 24.5 Å². The number of nitriles is 1. The van der Waals surface area contributed by atoms with Crippen molar-refractivity contribution in [2.24, 2.45) is 0 Å². The van der Waals surface area contributed by atoms with E-state index in [0.717, 1.165) is 22.2 Å². The molecule has 2 aromatic rings. The van der Waals surface area contributed by atoms with Crippen molar-refractivity contribution < 1.29 is 18.8 Å². The molecule has 0 aliphatic carbocycles. The summed E-state index contributed by atoms with van der Waals surface area (Å²) in [6.45, 7) is 6.80. The first-order valence-corrected chi connectivity index (χ1v) is 8.74. The number of thiocyanates is 1. The number of benzene rings is 1. The number of esters is 1. The van der Waals surface area contributed by atoms with Crippen LogP contribution >= 0.6 is 11.8 Å².